The normalized spacial score (nSPS) is 14.7. The highest BCUT2D eigenvalue weighted by atomic mass is 32.2. The van der Waals surface area contributed by atoms with E-state index in [0.29, 0.717) is 31.3 Å². The van der Waals surface area contributed by atoms with Crippen LogP contribution in [0.25, 0.3) is 0 Å². The maximum atomic E-state index is 13.2. The van der Waals surface area contributed by atoms with Crippen molar-refractivity contribution in [1.82, 2.24) is 4.90 Å². The van der Waals surface area contributed by atoms with Gasteiger partial charge in [-0.05, 0) is 89.5 Å². The maximum absolute atomic E-state index is 13.2. The Morgan fingerprint density at radius 1 is 0.603 bits per heavy atom. The number of carbonyl (C=O) groups is 2. The molecule has 0 heterocycles. The van der Waals surface area contributed by atoms with Gasteiger partial charge in [-0.2, -0.15) is 8.42 Å². The molecule has 0 amide bonds. The molecule has 0 bridgehead atoms. The van der Waals surface area contributed by atoms with Gasteiger partial charge in [0.25, 0.3) is 10.1 Å². The first-order chi connectivity index (χ1) is 28.2. The van der Waals surface area contributed by atoms with E-state index < -0.39 is 10.1 Å². The highest BCUT2D eigenvalue weighted by molar-refractivity contribution is 7.85. The third-order valence-corrected chi connectivity index (χ3v) is 12.3. The van der Waals surface area contributed by atoms with Crippen molar-refractivity contribution in [2.24, 2.45) is 11.8 Å². The molecule has 0 aromatic rings. The minimum absolute atomic E-state index is 0.0372. The summed E-state index contributed by atoms with van der Waals surface area (Å²) >= 11 is 0. The molecule has 1 rings (SSSR count). The van der Waals surface area contributed by atoms with E-state index >= 15 is 0 Å². The van der Waals surface area contributed by atoms with Gasteiger partial charge in [-0.3, -0.25) is 18.7 Å². The molecule has 0 spiro atoms. The lowest BCUT2D eigenvalue weighted by Crippen LogP contribution is -2.42. The summed E-state index contributed by atoms with van der Waals surface area (Å²) in [5.74, 6) is 0.0645. The number of ether oxygens (including phenoxy) is 2. The number of hydrogen-bond acceptors (Lipinski definition) is 8. The summed E-state index contributed by atoms with van der Waals surface area (Å²) in [5.41, 5.74) is 0. The van der Waals surface area contributed by atoms with Crippen molar-refractivity contribution in [2.45, 2.75) is 226 Å². The first-order valence-electron chi connectivity index (χ1n) is 24.4. The molecule has 1 saturated carbocycles. The lowest BCUT2D eigenvalue weighted by atomic mass is 9.91. The topological polar surface area (TPSA) is 99.2 Å². The standard InChI is InChI=1S/C49H91NO7S/c1-5-8-11-14-16-17-18-19-20-21-22-23-24-26-29-38-48(51)55-43-46(35-30-31-39-50(47-36-32-37-47)40-41-57-58(4,53)54)44-56-49(52)42-45(33-27-13-10-7-3)34-28-25-15-12-9-6-2/h16-17,19-20,45-47H,5-15,18,21-44H2,1-4H3/b17-16-,20-19-. The lowest BCUT2D eigenvalue weighted by molar-refractivity contribution is -0.150. The Kier molecular flexibility index (Phi) is 35.8. The largest absolute Gasteiger partial charge is 0.465 e. The number of esters is 2. The molecule has 1 aliphatic carbocycles. The summed E-state index contributed by atoms with van der Waals surface area (Å²) in [5, 5.41) is 0. The molecule has 0 aromatic carbocycles. The Bertz CT molecular complexity index is 1140. The molecule has 0 radical (unpaired) electrons. The lowest BCUT2D eigenvalue weighted by Gasteiger charge is -2.37. The third-order valence-electron chi connectivity index (χ3n) is 11.8. The van der Waals surface area contributed by atoms with Crippen molar-refractivity contribution in [3.63, 3.8) is 0 Å². The van der Waals surface area contributed by atoms with Crippen LogP contribution in [0.2, 0.25) is 0 Å². The summed E-state index contributed by atoms with van der Waals surface area (Å²) in [7, 11) is -3.45. The van der Waals surface area contributed by atoms with Gasteiger partial charge in [0.2, 0.25) is 0 Å². The van der Waals surface area contributed by atoms with E-state index in [1.807, 2.05) is 0 Å². The van der Waals surface area contributed by atoms with Gasteiger partial charge in [0, 0.05) is 31.3 Å². The molecule has 340 valence electrons. The molecule has 2 atom stereocenters. The van der Waals surface area contributed by atoms with Crippen LogP contribution >= 0.6 is 0 Å². The number of unbranched alkanes of at least 4 members (excludes halogenated alkanes) is 17. The molecule has 1 fully saturated rings. The van der Waals surface area contributed by atoms with E-state index in [4.69, 9.17) is 13.7 Å². The van der Waals surface area contributed by atoms with Gasteiger partial charge >= 0.3 is 11.9 Å². The van der Waals surface area contributed by atoms with E-state index in [0.717, 1.165) is 89.9 Å². The van der Waals surface area contributed by atoms with E-state index in [-0.39, 0.29) is 37.7 Å². The number of nitrogens with zero attached hydrogens (tertiary/aromatic N) is 1. The first kappa shape index (κ1) is 54.3. The second kappa shape index (κ2) is 38.2. The number of rotatable bonds is 42. The molecule has 9 heteroatoms. The molecule has 0 N–H and O–H groups in total. The zero-order valence-corrected chi connectivity index (χ0v) is 39.0. The summed E-state index contributed by atoms with van der Waals surface area (Å²) in [6.07, 6.45) is 44.5. The van der Waals surface area contributed by atoms with Gasteiger partial charge in [0.15, 0.2) is 0 Å². The zero-order chi connectivity index (χ0) is 42.4. The summed E-state index contributed by atoms with van der Waals surface area (Å²) in [6, 6.07) is 0.487. The monoisotopic (exact) mass is 838 g/mol. The minimum Gasteiger partial charge on any atom is -0.465 e. The van der Waals surface area contributed by atoms with Crippen LogP contribution in [0.5, 0.6) is 0 Å². The number of carbonyl (C=O) groups excluding carboxylic acids is 2. The Balaban J connectivity index is 2.57. The minimum atomic E-state index is -3.45. The van der Waals surface area contributed by atoms with Gasteiger partial charge in [0.05, 0.1) is 26.1 Å². The van der Waals surface area contributed by atoms with Crippen molar-refractivity contribution in [2.75, 3.05) is 39.2 Å². The van der Waals surface area contributed by atoms with Crippen molar-refractivity contribution in [3.8, 4) is 0 Å². The molecular formula is C49H91NO7S. The average Bonchev–Trinajstić information content (AvgIpc) is 3.17. The van der Waals surface area contributed by atoms with Crippen LogP contribution in [0.15, 0.2) is 24.3 Å². The van der Waals surface area contributed by atoms with Gasteiger partial charge in [0.1, 0.15) is 0 Å². The molecular weight excluding hydrogens is 747 g/mol. The highest BCUT2D eigenvalue weighted by Gasteiger charge is 2.25. The van der Waals surface area contributed by atoms with Gasteiger partial charge in [-0.25, -0.2) is 0 Å². The molecule has 0 aromatic heterocycles. The number of hydrogen-bond donors (Lipinski definition) is 0. The fourth-order valence-corrected chi connectivity index (χ4v) is 8.17. The number of allylic oxidation sites excluding steroid dienone is 4. The van der Waals surface area contributed by atoms with Crippen LogP contribution in [-0.2, 0) is 33.4 Å². The van der Waals surface area contributed by atoms with Gasteiger partial charge in [-0.15, -0.1) is 0 Å². The van der Waals surface area contributed by atoms with Crippen molar-refractivity contribution in [3.05, 3.63) is 24.3 Å². The predicted octanol–water partition coefficient (Wildman–Crippen LogP) is 13.2. The Morgan fingerprint density at radius 2 is 1.10 bits per heavy atom. The first-order valence-corrected chi connectivity index (χ1v) is 26.2. The van der Waals surface area contributed by atoms with Gasteiger partial charge < -0.3 is 9.47 Å². The van der Waals surface area contributed by atoms with Crippen LogP contribution in [0.1, 0.15) is 220 Å². The molecule has 0 aliphatic heterocycles. The van der Waals surface area contributed by atoms with Crippen molar-refractivity contribution >= 4 is 22.1 Å². The van der Waals surface area contributed by atoms with E-state index in [2.05, 4.69) is 50.0 Å². The summed E-state index contributed by atoms with van der Waals surface area (Å²) < 4.78 is 39.8. The quantitative estimate of drug-likeness (QED) is 0.0259. The Labute approximate surface area is 358 Å². The molecule has 8 nitrogen and oxygen atoms in total. The van der Waals surface area contributed by atoms with Crippen LogP contribution in [-0.4, -0.2) is 70.5 Å². The SMILES string of the molecule is CCCCC/C=C\C/C=C\CCCCCCCC(=O)OCC(CCCCN(CCOS(C)(=O)=O)C1CCC1)COC(=O)CC(CCCCCC)CCCCCCCC. The Morgan fingerprint density at radius 3 is 1.71 bits per heavy atom. The third kappa shape index (κ3) is 34.0. The maximum Gasteiger partial charge on any atom is 0.306 e. The summed E-state index contributed by atoms with van der Waals surface area (Å²) in [6.45, 7) is 8.93. The van der Waals surface area contributed by atoms with Crippen LogP contribution in [0, 0.1) is 11.8 Å². The van der Waals surface area contributed by atoms with Crippen molar-refractivity contribution < 1.29 is 31.7 Å². The highest BCUT2D eigenvalue weighted by Crippen LogP contribution is 2.26. The molecule has 2 unspecified atom stereocenters. The Hall–Kier alpha value is -1.71. The fourth-order valence-electron chi connectivity index (χ4n) is 7.79. The van der Waals surface area contributed by atoms with Crippen molar-refractivity contribution in [1.29, 1.82) is 0 Å². The predicted molar refractivity (Wildman–Crippen MR) is 243 cm³/mol. The molecule has 0 saturated heterocycles. The van der Waals surface area contributed by atoms with E-state index in [1.165, 1.54) is 109 Å². The average molecular weight is 838 g/mol. The van der Waals surface area contributed by atoms with Crippen LogP contribution in [0.4, 0.5) is 0 Å². The van der Waals surface area contributed by atoms with E-state index in [9.17, 15) is 18.0 Å². The fraction of sp³-hybridized carbons (Fsp3) is 0.878. The van der Waals surface area contributed by atoms with E-state index in [1.54, 1.807) is 0 Å². The van der Waals surface area contributed by atoms with Crippen LogP contribution < -0.4 is 0 Å². The van der Waals surface area contributed by atoms with Gasteiger partial charge in [-0.1, -0.05) is 154 Å². The van der Waals surface area contributed by atoms with Crippen LogP contribution in [0.3, 0.4) is 0 Å². The molecule has 1 aliphatic rings. The second-order valence-electron chi connectivity index (χ2n) is 17.3. The zero-order valence-electron chi connectivity index (χ0n) is 38.2. The molecule has 58 heavy (non-hydrogen) atoms. The summed E-state index contributed by atoms with van der Waals surface area (Å²) in [4.78, 5) is 28.4. The smallest absolute Gasteiger partial charge is 0.306 e. The second-order valence-corrected chi connectivity index (χ2v) is 19.0.